The van der Waals surface area contributed by atoms with Crippen molar-refractivity contribution < 1.29 is 8.42 Å². The van der Waals surface area contributed by atoms with Crippen molar-refractivity contribution in [1.82, 2.24) is 4.98 Å². The van der Waals surface area contributed by atoms with Crippen LogP contribution in [0.1, 0.15) is 11.4 Å². The molecule has 1 rings (SSSR count). The van der Waals surface area contributed by atoms with Crippen LogP contribution in [0.2, 0.25) is 0 Å². The Kier molecular flexibility index (Phi) is 2.55. The summed E-state index contributed by atoms with van der Waals surface area (Å²) < 4.78 is 21.8. The van der Waals surface area contributed by atoms with E-state index in [1.807, 2.05) is 0 Å². The summed E-state index contributed by atoms with van der Waals surface area (Å²) in [5, 5.41) is 8.50. The third-order valence-electron chi connectivity index (χ3n) is 1.32. The molecule has 0 amide bonds. The van der Waals surface area contributed by atoms with Gasteiger partial charge in [0.25, 0.3) is 9.05 Å². The topological polar surface area (TPSA) is 70.8 Å². The molecule has 1 aromatic rings. The Morgan fingerprint density at radius 1 is 1.54 bits per heavy atom. The van der Waals surface area contributed by atoms with Gasteiger partial charge in [0.15, 0.2) is 0 Å². The second-order valence-corrected chi connectivity index (χ2v) is 4.95. The van der Waals surface area contributed by atoms with Crippen molar-refractivity contribution in [3.05, 3.63) is 23.5 Å². The summed E-state index contributed by atoms with van der Waals surface area (Å²) in [6.45, 7) is 1.59. The molecule has 68 valence electrons. The number of rotatable bonds is 1. The minimum atomic E-state index is -3.78. The average molecular weight is 217 g/mol. The number of hydrogen-bond donors (Lipinski definition) is 0. The predicted molar refractivity (Wildman–Crippen MR) is 46.7 cm³/mol. The van der Waals surface area contributed by atoms with Crippen LogP contribution in [0.5, 0.6) is 0 Å². The van der Waals surface area contributed by atoms with E-state index >= 15 is 0 Å². The van der Waals surface area contributed by atoms with Gasteiger partial charge in [0, 0.05) is 16.4 Å². The second-order valence-electron chi connectivity index (χ2n) is 2.38. The third-order valence-corrected chi connectivity index (χ3v) is 2.66. The van der Waals surface area contributed by atoms with E-state index in [9.17, 15) is 8.42 Å². The van der Waals surface area contributed by atoms with Crippen LogP contribution < -0.4 is 0 Å². The minimum absolute atomic E-state index is 0.0409. The number of halogens is 1. The van der Waals surface area contributed by atoms with E-state index < -0.39 is 9.05 Å². The maximum atomic E-state index is 10.9. The standard InChI is InChI=1S/C7H5ClN2O2S/c1-5-2-7(13(8,11)12)3-6(4-9)10-5/h2-3H,1H3. The number of nitrogens with zero attached hydrogens (tertiary/aromatic N) is 2. The summed E-state index contributed by atoms with van der Waals surface area (Å²) in [4.78, 5) is 3.68. The first-order chi connectivity index (χ1) is 5.93. The fourth-order valence-corrected chi connectivity index (χ4v) is 1.67. The number of nitriles is 1. The molecule has 1 heterocycles. The molecule has 0 bridgehead atoms. The highest BCUT2D eigenvalue weighted by molar-refractivity contribution is 8.13. The molecule has 0 aliphatic rings. The van der Waals surface area contributed by atoms with E-state index in [2.05, 4.69) is 4.98 Å². The minimum Gasteiger partial charge on any atom is -0.242 e. The van der Waals surface area contributed by atoms with Gasteiger partial charge in [-0.1, -0.05) is 0 Å². The Balaban J connectivity index is 3.44. The Bertz CT molecular complexity index is 476. The van der Waals surface area contributed by atoms with Gasteiger partial charge in [-0.15, -0.1) is 0 Å². The van der Waals surface area contributed by atoms with E-state index in [1.165, 1.54) is 6.07 Å². The Morgan fingerprint density at radius 3 is 2.62 bits per heavy atom. The molecular formula is C7H5ClN2O2S. The summed E-state index contributed by atoms with van der Waals surface area (Å²) in [7, 11) is 1.32. The number of aryl methyl sites for hydroxylation is 1. The van der Waals surface area contributed by atoms with Gasteiger partial charge in [-0.2, -0.15) is 5.26 Å². The molecule has 0 N–H and O–H groups in total. The fourth-order valence-electron chi connectivity index (χ4n) is 0.835. The van der Waals surface area contributed by atoms with Crippen LogP contribution in [0.3, 0.4) is 0 Å². The first-order valence-electron chi connectivity index (χ1n) is 3.27. The molecule has 0 aromatic carbocycles. The van der Waals surface area contributed by atoms with Crippen LogP contribution in [-0.4, -0.2) is 13.4 Å². The van der Waals surface area contributed by atoms with Crippen LogP contribution in [0.25, 0.3) is 0 Å². The van der Waals surface area contributed by atoms with Crippen LogP contribution in [-0.2, 0) is 9.05 Å². The number of aromatic nitrogens is 1. The van der Waals surface area contributed by atoms with Crippen LogP contribution in [0, 0.1) is 18.3 Å². The lowest BCUT2D eigenvalue weighted by atomic mass is 10.3. The molecule has 0 fully saturated rings. The molecule has 0 aliphatic heterocycles. The van der Waals surface area contributed by atoms with Gasteiger partial charge in [-0.3, -0.25) is 0 Å². The van der Waals surface area contributed by atoms with Gasteiger partial charge in [0.05, 0.1) is 4.90 Å². The second kappa shape index (κ2) is 3.32. The van der Waals surface area contributed by atoms with E-state index in [1.54, 1.807) is 13.0 Å². The summed E-state index contributed by atoms with van der Waals surface area (Å²) >= 11 is 0. The Morgan fingerprint density at radius 2 is 2.15 bits per heavy atom. The molecular weight excluding hydrogens is 212 g/mol. The van der Waals surface area contributed by atoms with Gasteiger partial charge in [-0.25, -0.2) is 13.4 Å². The monoisotopic (exact) mass is 216 g/mol. The lowest BCUT2D eigenvalue weighted by Gasteiger charge is -1.97. The summed E-state index contributed by atoms with van der Waals surface area (Å²) in [5.74, 6) is 0. The van der Waals surface area contributed by atoms with E-state index in [4.69, 9.17) is 15.9 Å². The van der Waals surface area contributed by atoms with Gasteiger partial charge in [0.1, 0.15) is 11.8 Å². The van der Waals surface area contributed by atoms with Crippen molar-refractivity contribution in [1.29, 1.82) is 5.26 Å². The zero-order valence-electron chi connectivity index (χ0n) is 6.65. The van der Waals surface area contributed by atoms with Crippen molar-refractivity contribution in [2.45, 2.75) is 11.8 Å². The Hall–Kier alpha value is -1.12. The molecule has 0 saturated carbocycles. The fraction of sp³-hybridized carbons (Fsp3) is 0.143. The molecule has 0 unspecified atom stereocenters. The number of pyridine rings is 1. The van der Waals surface area contributed by atoms with Crippen molar-refractivity contribution in [3.63, 3.8) is 0 Å². The molecule has 0 atom stereocenters. The Labute approximate surface area is 80.2 Å². The zero-order valence-corrected chi connectivity index (χ0v) is 8.22. The molecule has 4 nitrogen and oxygen atoms in total. The van der Waals surface area contributed by atoms with Gasteiger partial charge in [-0.05, 0) is 19.1 Å². The van der Waals surface area contributed by atoms with Crippen molar-refractivity contribution in [3.8, 4) is 6.07 Å². The molecule has 0 spiro atoms. The normalized spacial score (nSPS) is 10.8. The highest BCUT2D eigenvalue weighted by atomic mass is 35.7. The maximum Gasteiger partial charge on any atom is 0.261 e. The highest BCUT2D eigenvalue weighted by Crippen LogP contribution is 2.16. The average Bonchev–Trinajstić information content (AvgIpc) is 2.01. The zero-order chi connectivity index (χ0) is 10.1. The van der Waals surface area contributed by atoms with Gasteiger partial charge >= 0.3 is 0 Å². The quantitative estimate of drug-likeness (QED) is 0.661. The summed E-state index contributed by atoms with van der Waals surface area (Å²) in [5.41, 5.74) is 0.484. The lowest BCUT2D eigenvalue weighted by Crippen LogP contribution is -1.95. The highest BCUT2D eigenvalue weighted by Gasteiger charge is 2.11. The lowest BCUT2D eigenvalue weighted by molar-refractivity contribution is 0.609. The molecule has 0 radical (unpaired) electrons. The van der Waals surface area contributed by atoms with Crippen molar-refractivity contribution in [2.24, 2.45) is 0 Å². The molecule has 13 heavy (non-hydrogen) atoms. The van der Waals surface area contributed by atoms with Gasteiger partial charge in [0.2, 0.25) is 0 Å². The molecule has 1 aromatic heterocycles. The SMILES string of the molecule is Cc1cc(S(=O)(=O)Cl)cc(C#N)n1. The summed E-state index contributed by atoms with van der Waals surface area (Å²) in [6, 6.07) is 4.19. The summed E-state index contributed by atoms with van der Waals surface area (Å²) in [6.07, 6.45) is 0. The maximum absolute atomic E-state index is 10.9. The number of hydrogen-bond acceptors (Lipinski definition) is 4. The smallest absolute Gasteiger partial charge is 0.242 e. The van der Waals surface area contributed by atoms with Crippen LogP contribution in [0.4, 0.5) is 0 Å². The third kappa shape index (κ3) is 2.41. The molecule has 0 saturated heterocycles. The molecule has 6 heteroatoms. The van der Waals surface area contributed by atoms with E-state index in [-0.39, 0.29) is 10.6 Å². The molecule has 0 aliphatic carbocycles. The largest absolute Gasteiger partial charge is 0.261 e. The van der Waals surface area contributed by atoms with Gasteiger partial charge < -0.3 is 0 Å². The van der Waals surface area contributed by atoms with Crippen LogP contribution in [0.15, 0.2) is 17.0 Å². The first-order valence-corrected chi connectivity index (χ1v) is 5.58. The van der Waals surface area contributed by atoms with Crippen molar-refractivity contribution in [2.75, 3.05) is 0 Å². The van der Waals surface area contributed by atoms with Crippen LogP contribution >= 0.6 is 10.7 Å². The predicted octanol–water partition coefficient (Wildman–Crippen LogP) is 1.19. The van der Waals surface area contributed by atoms with E-state index in [0.29, 0.717) is 5.69 Å². The first kappa shape index (κ1) is 9.96. The van der Waals surface area contributed by atoms with E-state index in [0.717, 1.165) is 6.07 Å². The van der Waals surface area contributed by atoms with Crippen molar-refractivity contribution >= 4 is 19.7 Å².